The van der Waals surface area contributed by atoms with Gasteiger partial charge in [-0.25, -0.2) is 0 Å². The predicted octanol–water partition coefficient (Wildman–Crippen LogP) is 5.43. The van der Waals surface area contributed by atoms with E-state index < -0.39 is 0 Å². The number of aromatic nitrogens is 2. The molecule has 1 fully saturated rings. The molecular weight excluding hydrogens is 456 g/mol. The molecule has 0 radical (unpaired) electrons. The first kappa shape index (κ1) is 20.1. The number of ether oxygens (including phenoxy) is 2. The minimum absolute atomic E-state index is 0.156. The van der Waals surface area contributed by atoms with Crippen LogP contribution in [0.5, 0.6) is 11.5 Å². The van der Waals surface area contributed by atoms with E-state index in [9.17, 15) is 0 Å². The van der Waals surface area contributed by atoms with Crippen molar-refractivity contribution in [3.8, 4) is 17.2 Å². The highest BCUT2D eigenvalue weighted by Crippen LogP contribution is 2.44. The van der Waals surface area contributed by atoms with E-state index in [1.54, 1.807) is 6.20 Å². The first-order valence-electron chi connectivity index (χ1n) is 10.5. The second-order valence-corrected chi connectivity index (χ2v) is 8.64. The van der Waals surface area contributed by atoms with Gasteiger partial charge in [0.25, 0.3) is 0 Å². The van der Waals surface area contributed by atoms with Gasteiger partial charge in [-0.2, -0.15) is 0 Å². The lowest BCUT2D eigenvalue weighted by atomic mass is 10.0. The molecule has 2 aliphatic rings. The third kappa shape index (κ3) is 3.50. The van der Waals surface area contributed by atoms with Crippen molar-refractivity contribution < 1.29 is 9.47 Å². The Kier molecular flexibility index (Phi) is 4.93. The van der Waals surface area contributed by atoms with E-state index in [1.165, 1.54) is 0 Å². The van der Waals surface area contributed by atoms with Crippen LogP contribution in [0.4, 0.5) is 5.69 Å². The lowest BCUT2D eigenvalue weighted by molar-refractivity contribution is 0.174. The van der Waals surface area contributed by atoms with Crippen molar-refractivity contribution >= 4 is 34.6 Å². The number of hydrogen-bond donors (Lipinski definition) is 1. The van der Waals surface area contributed by atoms with Gasteiger partial charge in [0, 0.05) is 40.6 Å². The molecule has 8 heteroatoms. The van der Waals surface area contributed by atoms with E-state index >= 15 is 0 Å². The number of anilines is 1. The molecule has 0 unspecified atom stereocenters. The third-order valence-corrected chi connectivity index (χ3v) is 6.45. The van der Waals surface area contributed by atoms with E-state index in [-0.39, 0.29) is 18.9 Å². The number of halogens is 1. The lowest BCUT2D eigenvalue weighted by Gasteiger charge is -2.29. The number of hydrogen-bond acceptors (Lipinski definition) is 4. The quantitative estimate of drug-likeness (QED) is 0.398. The van der Waals surface area contributed by atoms with Crippen molar-refractivity contribution in [1.82, 2.24) is 14.9 Å². The second kappa shape index (κ2) is 8.10. The summed E-state index contributed by atoms with van der Waals surface area (Å²) < 4.78 is 13.3. The van der Waals surface area contributed by atoms with Gasteiger partial charge in [-0.1, -0.05) is 23.7 Å². The summed E-state index contributed by atoms with van der Waals surface area (Å²) in [6, 6.07) is 23.4. The number of pyridine rings is 1. The van der Waals surface area contributed by atoms with E-state index in [0.717, 1.165) is 28.5 Å². The lowest BCUT2D eigenvalue weighted by Crippen LogP contribution is -2.30. The summed E-state index contributed by atoms with van der Waals surface area (Å²) in [5.74, 6) is 1.44. The Hall–Kier alpha value is -3.55. The van der Waals surface area contributed by atoms with Gasteiger partial charge < -0.3 is 24.3 Å². The fourth-order valence-electron chi connectivity index (χ4n) is 4.46. The maximum absolute atomic E-state index is 6.31. The summed E-state index contributed by atoms with van der Waals surface area (Å²) in [6.07, 6.45) is 3.84. The average molecular weight is 475 g/mol. The smallest absolute Gasteiger partial charge is 0.231 e. The topological polar surface area (TPSA) is 51.6 Å². The van der Waals surface area contributed by atoms with Crippen LogP contribution in [0.2, 0.25) is 5.02 Å². The maximum atomic E-state index is 6.31. The fourth-order valence-corrected chi connectivity index (χ4v) is 5.00. The van der Waals surface area contributed by atoms with Crippen LogP contribution >= 0.6 is 23.8 Å². The van der Waals surface area contributed by atoms with Gasteiger partial charge in [0.05, 0.1) is 11.7 Å². The minimum Gasteiger partial charge on any atom is -0.454 e. The molecule has 33 heavy (non-hydrogen) atoms. The molecular formula is C25H19ClN4O2S. The van der Waals surface area contributed by atoms with Crippen molar-refractivity contribution in [2.24, 2.45) is 0 Å². The number of thiocarbonyl (C=S) groups is 1. The first-order chi connectivity index (χ1) is 16.2. The summed E-state index contributed by atoms with van der Waals surface area (Å²) in [5, 5.41) is 4.80. The fraction of sp³-hybridized carbons (Fsp3) is 0.120. The summed E-state index contributed by atoms with van der Waals surface area (Å²) in [5.41, 5.74) is 3.86. The van der Waals surface area contributed by atoms with Crippen molar-refractivity contribution in [3.63, 3.8) is 0 Å². The highest BCUT2D eigenvalue weighted by atomic mass is 35.5. The molecule has 164 valence electrons. The van der Waals surface area contributed by atoms with Gasteiger partial charge in [0.1, 0.15) is 6.04 Å². The molecule has 2 aromatic carbocycles. The summed E-state index contributed by atoms with van der Waals surface area (Å²) in [4.78, 5) is 6.75. The highest BCUT2D eigenvalue weighted by molar-refractivity contribution is 7.80. The Balaban J connectivity index is 1.51. The van der Waals surface area contributed by atoms with E-state index in [1.807, 2.05) is 72.9 Å². The normalized spacial score (nSPS) is 19.1. The van der Waals surface area contributed by atoms with Crippen LogP contribution < -0.4 is 19.7 Å². The molecule has 6 rings (SSSR count). The van der Waals surface area contributed by atoms with Crippen molar-refractivity contribution in [2.75, 3.05) is 11.7 Å². The largest absolute Gasteiger partial charge is 0.454 e. The maximum Gasteiger partial charge on any atom is 0.231 e. The van der Waals surface area contributed by atoms with Gasteiger partial charge in [-0.3, -0.25) is 4.98 Å². The van der Waals surface area contributed by atoms with E-state index in [4.69, 9.17) is 33.3 Å². The zero-order valence-corrected chi connectivity index (χ0v) is 19.0. The molecule has 1 saturated heterocycles. The second-order valence-electron chi connectivity index (χ2n) is 7.82. The zero-order chi connectivity index (χ0) is 22.4. The SMILES string of the molecule is S=C1N[C@H](c2ccccn2)[C@H](c2cccn2-c2cccc(Cl)c2)N1c1ccc2c(c1)OCO2. The number of rotatable bonds is 4. The third-order valence-electron chi connectivity index (χ3n) is 5.90. The Labute approximate surface area is 201 Å². The molecule has 4 aromatic rings. The van der Waals surface area contributed by atoms with Gasteiger partial charge in [-0.15, -0.1) is 0 Å². The Morgan fingerprint density at radius 3 is 2.70 bits per heavy atom. The highest BCUT2D eigenvalue weighted by Gasteiger charge is 2.42. The van der Waals surface area contributed by atoms with Crippen LogP contribution in [0.15, 0.2) is 85.2 Å². The Morgan fingerprint density at radius 1 is 0.939 bits per heavy atom. The van der Waals surface area contributed by atoms with E-state index in [0.29, 0.717) is 15.9 Å². The van der Waals surface area contributed by atoms with Gasteiger partial charge in [0.2, 0.25) is 6.79 Å². The molecule has 0 aliphatic carbocycles. The minimum atomic E-state index is -0.165. The zero-order valence-electron chi connectivity index (χ0n) is 17.4. The molecule has 2 aliphatic heterocycles. The summed E-state index contributed by atoms with van der Waals surface area (Å²) >= 11 is 12.2. The Morgan fingerprint density at radius 2 is 1.85 bits per heavy atom. The molecule has 2 atom stereocenters. The van der Waals surface area contributed by atoms with E-state index in [2.05, 4.69) is 25.8 Å². The first-order valence-corrected chi connectivity index (χ1v) is 11.3. The summed E-state index contributed by atoms with van der Waals surface area (Å²) in [6.45, 7) is 0.221. The van der Waals surface area contributed by atoms with Gasteiger partial charge >= 0.3 is 0 Å². The van der Waals surface area contributed by atoms with Crippen LogP contribution in [-0.4, -0.2) is 21.5 Å². The molecule has 4 heterocycles. The van der Waals surface area contributed by atoms with Crippen molar-refractivity contribution in [1.29, 1.82) is 0 Å². The monoisotopic (exact) mass is 474 g/mol. The molecule has 6 nitrogen and oxygen atoms in total. The number of fused-ring (bicyclic) bond motifs is 1. The standard InChI is InChI=1S/C25H19ClN4O2S/c26-16-5-3-6-17(13-16)29-12-4-8-20(29)24-23(19-7-1-2-11-27-19)28-25(33)30(24)18-9-10-21-22(14-18)32-15-31-21/h1-14,23-24H,15H2,(H,28,33)/t23-,24+/m1/s1. The average Bonchev–Trinajstić information content (AvgIpc) is 3.57. The van der Waals surface area contributed by atoms with Crippen LogP contribution in [0.3, 0.4) is 0 Å². The molecule has 0 saturated carbocycles. The summed E-state index contributed by atoms with van der Waals surface area (Å²) in [7, 11) is 0. The van der Waals surface area contributed by atoms with Gasteiger partial charge in [0.15, 0.2) is 16.6 Å². The molecule has 1 N–H and O–H groups in total. The number of benzene rings is 2. The molecule has 0 amide bonds. The molecule has 2 aromatic heterocycles. The van der Waals surface area contributed by atoms with Crippen molar-refractivity contribution in [2.45, 2.75) is 12.1 Å². The predicted molar refractivity (Wildman–Crippen MR) is 131 cm³/mol. The van der Waals surface area contributed by atoms with Crippen LogP contribution in [0.1, 0.15) is 23.5 Å². The molecule has 0 bridgehead atoms. The van der Waals surface area contributed by atoms with Gasteiger partial charge in [-0.05, 0) is 66.8 Å². The van der Waals surface area contributed by atoms with Crippen LogP contribution in [-0.2, 0) is 0 Å². The van der Waals surface area contributed by atoms with Crippen LogP contribution in [0.25, 0.3) is 5.69 Å². The molecule has 0 spiro atoms. The number of nitrogens with zero attached hydrogens (tertiary/aromatic N) is 3. The van der Waals surface area contributed by atoms with Crippen LogP contribution in [0, 0.1) is 0 Å². The van der Waals surface area contributed by atoms with Crippen molar-refractivity contribution in [3.05, 3.63) is 102 Å². The number of nitrogens with one attached hydrogen (secondary N) is 1. The Bertz CT molecular complexity index is 1340.